The van der Waals surface area contributed by atoms with Gasteiger partial charge in [-0.3, -0.25) is 4.79 Å². The number of aliphatic hydroxyl groups excluding tert-OH is 1. The van der Waals surface area contributed by atoms with E-state index in [2.05, 4.69) is 4.98 Å². The molecule has 0 radical (unpaired) electrons. The van der Waals surface area contributed by atoms with Crippen LogP contribution in [0.3, 0.4) is 0 Å². The molecule has 0 saturated heterocycles. The number of carboxylic acids is 1. The Bertz CT molecular complexity index is 718. The van der Waals surface area contributed by atoms with Crippen LogP contribution in [-0.4, -0.2) is 26.9 Å². The molecule has 21 heavy (non-hydrogen) atoms. The molecule has 0 unspecified atom stereocenters. The van der Waals surface area contributed by atoms with Crippen LogP contribution in [-0.2, 0) is 11.2 Å². The summed E-state index contributed by atoms with van der Waals surface area (Å²) in [6, 6.07) is 7.61. The predicted molar refractivity (Wildman–Crippen MR) is 72.7 cm³/mol. The molecule has 0 aliphatic carbocycles. The van der Waals surface area contributed by atoms with E-state index in [1.54, 1.807) is 18.3 Å². The highest BCUT2D eigenvalue weighted by molar-refractivity contribution is 6.06. The summed E-state index contributed by atoms with van der Waals surface area (Å²) in [5.74, 6) is -3.59. The second-order valence-corrected chi connectivity index (χ2v) is 4.43. The van der Waals surface area contributed by atoms with Crippen LogP contribution in [0, 0.1) is 5.82 Å². The van der Waals surface area contributed by atoms with Crippen molar-refractivity contribution in [3.63, 3.8) is 0 Å². The lowest BCUT2D eigenvalue weighted by Crippen LogP contribution is -2.04. The molecule has 5 nitrogen and oxygen atoms in total. The van der Waals surface area contributed by atoms with E-state index in [-0.39, 0.29) is 11.5 Å². The zero-order valence-electron chi connectivity index (χ0n) is 10.8. The highest BCUT2D eigenvalue weighted by Gasteiger charge is 2.11. The van der Waals surface area contributed by atoms with E-state index in [9.17, 15) is 14.0 Å². The maximum Gasteiger partial charge on any atom is 0.371 e. The van der Waals surface area contributed by atoms with Crippen molar-refractivity contribution in [3.8, 4) is 0 Å². The number of hydrogen-bond acceptors (Lipinski definition) is 3. The molecular weight excluding hydrogens is 277 g/mol. The number of benzene rings is 1. The number of aromatic amines is 1. The molecule has 0 atom stereocenters. The maximum atomic E-state index is 13.1. The van der Waals surface area contributed by atoms with Crippen molar-refractivity contribution < 1.29 is 24.2 Å². The smallest absolute Gasteiger partial charge is 0.371 e. The van der Waals surface area contributed by atoms with Crippen molar-refractivity contribution in [1.29, 1.82) is 0 Å². The summed E-state index contributed by atoms with van der Waals surface area (Å²) in [7, 11) is 0. The topological polar surface area (TPSA) is 90.4 Å². The largest absolute Gasteiger partial charge is 0.502 e. The van der Waals surface area contributed by atoms with Gasteiger partial charge in [0.15, 0.2) is 0 Å². The van der Waals surface area contributed by atoms with Gasteiger partial charge < -0.3 is 15.2 Å². The summed E-state index contributed by atoms with van der Waals surface area (Å²) < 4.78 is 13.1. The Morgan fingerprint density at radius 3 is 2.62 bits per heavy atom. The van der Waals surface area contributed by atoms with Crippen LogP contribution in [0.15, 0.2) is 48.4 Å². The number of aliphatic hydroxyl groups is 1. The minimum absolute atomic E-state index is 0.147. The lowest BCUT2D eigenvalue weighted by atomic mass is 10.1. The molecule has 0 saturated carbocycles. The van der Waals surface area contributed by atoms with E-state index in [4.69, 9.17) is 10.2 Å². The summed E-state index contributed by atoms with van der Waals surface area (Å²) in [6.45, 7) is 0. The normalized spacial score (nSPS) is 11.4. The lowest BCUT2D eigenvalue weighted by Gasteiger charge is -1.98. The first-order chi connectivity index (χ1) is 9.95. The van der Waals surface area contributed by atoms with Gasteiger partial charge in [-0.05, 0) is 35.7 Å². The van der Waals surface area contributed by atoms with E-state index in [1.165, 1.54) is 18.2 Å². The molecular formula is C15H12FNO4. The number of allylic oxidation sites excluding steroid dienone is 1. The summed E-state index contributed by atoms with van der Waals surface area (Å²) in [5.41, 5.74) is 1.64. The predicted octanol–water partition coefficient (Wildman–Crippen LogP) is 2.45. The van der Waals surface area contributed by atoms with Gasteiger partial charge in [-0.1, -0.05) is 12.1 Å². The molecule has 0 bridgehead atoms. The van der Waals surface area contributed by atoms with Gasteiger partial charge in [0.25, 0.3) is 0 Å². The van der Waals surface area contributed by atoms with Crippen LogP contribution in [0.2, 0.25) is 0 Å². The second kappa shape index (κ2) is 6.04. The molecule has 108 valence electrons. The molecule has 0 aliphatic rings. The average molecular weight is 289 g/mol. The molecule has 0 amide bonds. The van der Waals surface area contributed by atoms with Crippen LogP contribution in [0.25, 0.3) is 0 Å². The van der Waals surface area contributed by atoms with E-state index in [0.29, 0.717) is 12.5 Å². The fourth-order valence-electron chi connectivity index (χ4n) is 1.83. The quantitative estimate of drug-likeness (QED) is 0.448. The van der Waals surface area contributed by atoms with Crippen molar-refractivity contribution in [2.45, 2.75) is 6.42 Å². The van der Waals surface area contributed by atoms with Crippen LogP contribution in [0.5, 0.6) is 0 Å². The number of hydrogen-bond donors (Lipinski definition) is 3. The van der Waals surface area contributed by atoms with Gasteiger partial charge in [0, 0.05) is 12.3 Å². The highest BCUT2D eigenvalue weighted by atomic mass is 19.1. The number of H-pyrrole nitrogens is 1. The van der Waals surface area contributed by atoms with Gasteiger partial charge in [-0.15, -0.1) is 0 Å². The maximum absolute atomic E-state index is 13.1. The fourth-order valence-corrected chi connectivity index (χ4v) is 1.83. The third-order valence-electron chi connectivity index (χ3n) is 2.79. The van der Waals surface area contributed by atoms with Gasteiger partial charge in [0.2, 0.25) is 11.5 Å². The van der Waals surface area contributed by atoms with E-state index >= 15 is 0 Å². The number of aromatic nitrogens is 1. The summed E-state index contributed by atoms with van der Waals surface area (Å²) in [4.78, 5) is 24.8. The van der Waals surface area contributed by atoms with Gasteiger partial charge in [-0.25, -0.2) is 9.18 Å². The zero-order chi connectivity index (χ0) is 15.4. The van der Waals surface area contributed by atoms with Gasteiger partial charge in [0.1, 0.15) is 5.82 Å². The summed E-state index contributed by atoms with van der Waals surface area (Å²) in [6.07, 6.45) is 2.63. The Hall–Kier alpha value is -2.89. The van der Waals surface area contributed by atoms with Crippen LogP contribution < -0.4 is 0 Å². The van der Waals surface area contributed by atoms with Crippen molar-refractivity contribution in [3.05, 3.63) is 71.0 Å². The SMILES string of the molecule is O=C(O)C(O)=CC(=O)c1cc(Cc2cccc(F)c2)c[nH]1. The average Bonchev–Trinajstić information content (AvgIpc) is 2.87. The molecule has 2 rings (SSSR count). The zero-order valence-corrected chi connectivity index (χ0v) is 10.8. The molecule has 3 N–H and O–H groups in total. The number of carbonyl (C=O) groups is 2. The monoisotopic (exact) mass is 289 g/mol. The van der Waals surface area contributed by atoms with E-state index in [1.807, 2.05) is 0 Å². The summed E-state index contributed by atoms with van der Waals surface area (Å²) in [5, 5.41) is 17.5. The minimum atomic E-state index is -1.57. The first-order valence-corrected chi connectivity index (χ1v) is 6.05. The fraction of sp³-hybridized carbons (Fsp3) is 0.0667. The van der Waals surface area contributed by atoms with Gasteiger partial charge in [-0.2, -0.15) is 0 Å². The minimum Gasteiger partial charge on any atom is -0.502 e. The molecule has 2 aromatic rings. The molecule has 1 aromatic heterocycles. The third kappa shape index (κ3) is 3.79. The van der Waals surface area contributed by atoms with Crippen LogP contribution in [0.1, 0.15) is 21.6 Å². The number of carbonyl (C=O) groups excluding carboxylic acids is 1. The Morgan fingerprint density at radius 1 is 1.19 bits per heavy atom. The van der Waals surface area contributed by atoms with Gasteiger partial charge in [0.05, 0.1) is 5.69 Å². The Kier molecular flexibility index (Phi) is 4.18. The number of ketones is 1. The molecule has 1 aromatic carbocycles. The lowest BCUT2D eigenvalue weighted by molar-refractivity contribution is -0.135. The van der Waals surface area contributed by atoms with E-state index < -0.39 is 17.5 Å². The van der Waals surface area contributed by atoms with Crippen molar-refractivity contribution in [1.82, 2.24) is 4.98 Å². The van der Waals surface area contributed by atoms with Crippen molar-refractivity contribution >= 4 is 11.8 Å². The Morgan fingerprint density at radius 2 is 1.95 bits per heavy atom. The van der Waals surface area contributed by atoms with E-state index in [0.717, 1.165) is 11.1 Å². The third-order valence-corrected chi connectivity index (χ3v) is 2.79. The number of aliphatic carboxylic acids is 1. The number of halogens is 1. The van der Waals surface area contributed by atoms with Crippen LogP contribution in [0.4, 0.5) is 4.39 Å². The second-order valence-electron chi connectivity index (χ2n) is 4.43. The molecule has 6 heteroatoms. The molecule has 0 spiro atoms. The van der Waals surface area contributed by atoms with Crippen molar-refractivity contribution in [2.24, 2.45) is 0 Å². The first kappa shape index (κ1) is 14.5. The first-order valence-electron chi connectivity index (χ1n) is 6.05. The number of nitrogens with one attached hydrogen (secondary N) is 1. The number of carboxylic acid groups (broad SMARTS) is 1. The molecule has 0 aliphatic heterocycles. The van der Waals surface area contributed by atoms with Crippen molar-refractivity contribution in [2.75, 3.05) is 0 Å². The van der Waals surface area contributed by atoms with Gasteiger partial charge >= 0.3 is 5.97 Å². The summed E-state index contributed by atoms with van der Waals surface area (Å²) >= 11 is 0. The standard InChI is InChI=1S/C15H12FNO4/c16-11-3-1-2-9(5-11)4-10-6-12(17-8-10)13(18)7-14(19)15(20)21/h1-3,5-8,17,19H,4H2,(H,20,21). The highest BCUT2D eigenvalue weighted by Crippen LogP contribution is 2.13. The Labute approximate surface area is 119 Å². The molecule has 1 heterocycles. The Balaban J connectivity index is 2.13. The van der Waals surface area contributed by atoms with Crippen LogP contribution >= 0.6 is 0 Å². The molecule has 0 fully saturated rings. The number of rotatable bonds is 5.